The fourth-order valence-corrected chi connectivity index (χ4v) is 3.37. The summed E-state index contributed by atoms with van der Waals surface area (Å²) in [5, 5.41) is 5.98. The summed E-state index contributed by atoms with van der Waals surface area (Å²) in [7, 11) is 1.30. The molecule has 0 radical (unpaired) electrons. The van der Waals surface area contributed by atoms with Gasteiger partial charge in [-0.05, 0) is 35.7 Å². The van der Waals surface area contributed by atoms with Gasteiger partial charge in [0.2, 0.25) is 0 Å². The summed E-state index contributed by atoms with van der Waals surface area (Å²) in [4.78, 5) is 23.7. The summed E-state index contributed by atoms with van der Waals surface area (Å²) in [6.07, 6.45) is 0. The minimum absolute atomic E-state index is 0.153. The van der Waals surface area contributed by atoms with Crippen molar-refractivity contribution in [3.05, 3.63) is 70.4 Å². The first-order valence-electron chi connectivity index (χ1n) is 8.31. The molecule has 1 heterocycles. The number of hydrogen-bond donors (Lipinski definition) is 1. The van der Waals surface area contributed by atoms with E-state index in [-0.39, 0.29) is 12.5 Å². The van der Waals surface area contributed by atoms with E-state index in [2.05, 4.69) is 29.1 Å². The van der Waals surface area contributed by atoms with E-state index in [9.17, 15) is 9.59 Å². The third-order valence-corrected chi connectivity index (χ3v) is 4.77. The molecule has 1 amide bonds. The van der Waals surface area contributed by atoms with E-state index in [1.54, 1.807) is 10.8 Å². The van der Waals surface area contributed by atoms with Crippen LogP contribution in [0.15, 0.2) is 59.3 Å². The Balaban J connectivity index is 1.59. The second-order valence-corrected chi connectivity index (χ2v) is 6.61. The van der Waals surface area contributed by atoms with Crippen LogP contribution in [0.25, 0.3) is 11.1 Å². The number of anilines is 1. The molecule has 0 bridgehead atoms. The maximum atomic E-state index is 12.1. The number of carbonyl (C=O) groups is 2. The lowest BCUT2D eigenvalue weighted by Crippen LogP contribution is -2.21. The molecule has 0 spiro atoms. The largest absolute Gasteiger partial charge is 0.484 e. The first-order valence-corrected chi connectivity index (χ1v) is 9.26. The molecule has 27 heavy (non-hydrogen) atoms. The molecule has 1 N–H and O–H groups in total. The van der Waals surface area contributed by atoms with Gasteiger partial charge in [0.05, 0.1) is 18.4 Å². The molecular formula is C21H19NO4S. The molecule has 1 aromatic heterocycles. The van der Waals surface area contributed by atoms with E-state index < -0.39 is 5.97 Å². The summed E-state index contributed by atoms with van der Waals surface area (Å²) in [5.41, 5.74) is 4.21. The van der Waals surface area contributed by atoms with E-state index >= 15 is 0 Å². The van der Waals surface area contributed by atoms with Gasteiger partial charge in [-0.3, -0.25) is 4.79 Å². The third kappa shape index (κ3) is 4.54. The predicted octanol–water partition coefficient (Wildman–Crippen LogP) is 4.53. The molecule has 0 aliphatic rings. The average molecular weight is 381 g/mol. The molecule has 138 valence electrons. The zero-order valence-electron chi connectivity index (χ0n) is 15.0. The predicted molar refractivity (Wildman–Crippen MR) is 106 cm³/mol. The number of nitrogens with one attached hydrogen (secondary N) is 1. The number of methoxy groups -OCH3 is 1. The van der Waals surface area contributed by atoms with Crippen LogP contribution in [0.3, 0.4) is 0 Å². The van der Waals surface area contributed by atoms with Crippen LogP contribution in [0.5, 0.6) is 5.75 Å². The van der Waals surface area contributed by atoms with Crippen LogP contribution >= 0.6 is 11.3 Å². The van der Waals surface area contributed by atoms with Crippen molar-refractivity contribution in [1.82, 2.24) is 0 Å². The van der Waals surface area contributed by atoms with Gasteiger partial charge >= 0.3 is 5.97 Å². The van der Waals surface area contributed by atoms with Gasteiger partial charge in [0.1, 0.15) is 5.75 Å². The molecule has 0 saturated heterocycles. The molecule has 0 atom stereocenters. The third-order valence-electron chi connectivity index (χ3n) is 4.02. The van der Waals surface area contributed by atoms with Crippen LogP contribution in [0.1, 0.15) is 15.9 Å². The molecule has 5 nitrogen and oxygen atoms in total. The average Bonchev–Trinajstić information content (AvgIpc) is 3.14. The lowest BCUT2D eigenvalue weighted by Gasteiger charge is -2.09. The molecule has 3 aromatic rings. The minimum Gasteiger partial charge on any atom is -0.484 e. The number of amides is 1. The van der Waals surface area contributed by atoms with Crippen LogP contribution in [-0.2, 0) is 9.53 Å². The minimum atomic E-state index is -0.487. The number of esters is 1. The maximum absolute atomic E-state index is 12.1. The lowest BCUT2D eigenvalue weighted by atomic mass is 10.0. The Kier molecular flexibility index (Phi) is 5.88. The van der Waals surface area contributed by atoms with Gasteiger partial charge in [0.25, 0.3) is 5.91 Å². The van der Waals surface area contributed by atoms with Crippen molar-refractivity contribution in [3.63, 3.8) is 0 Å². The normalized spacial score (nSPS) is 10.3. The molecule has 0 aliphatic heterocycles. The summed E-state index contributed by atoms with van der Waals surface area (Å²) in [5.74, 6) is -0.234. The number of hydrogen-bond acceptors (Lipinski definition) is 5. The number of aryl methyl sites for hydroxylation is 1. The smallest absolute Gasteiger partial charge is 0.340 e. The SMILES string of the molecule is COC(=O)c1cscc1NC(=O)COc1ccc(-c2ccccc2C)cc1. The van der Waals surface area contributed by atoms with E-state index in [0.29, 0.717) is 17.0 Å². The van der Waals surface area contributed by atoms with E-state index in [1.807, 2.05) is 36.4 Å². The first-order chi connectivity index (χ1) is 13.1. The molecule has 2 aromatic carbocycles. The van der Waals surface area contributed by atoms with Crippen molar-refractivity contribution in [3.8, 4) is 16.9 Å². The summed E-state index contributed by atoms with van der Waals surface area (Å²) in [6.45, 7) is 1.91. The van der Waals surface area contributed by atoms with E-state index in [0.717, 1.165) is 11.1 Å². The van der Waals surface area contributed by atoms with E-state index in [1.165, 1.54) is 24.0 Å². The molecule has 3 rings (SSSR count). The number of benzene rings is 2. The Bertz CT molecular complexity index is 947. The van der Waals surface area contributed by atoms with Gasteiger partial charge in [-0.15, -0.1) is 11.3 Å². The van der Waals surface area contributed by atoms with E-state index in [4.69, 9.17) is 4.74 Å². The van der Waals surface area contributed by atoms with Crippen molar-refractivity contribution < 1.29 is 19.1 Å². The molecule has 0 saturated carbocycles. The van der Waals surface area contributed by atoms with Crippen molar-refractivity contribution in [2.45, 2.75) is 6.92 Å². The molecule has 0 aliphatic carbocycles. The van der Waals surface area contributed by atoms with Crippen LogP contribution < -0.4 is 10.1 Å². The quantitative estimate of drug-likeness (QED) is 0.637. The molecule has 0 fully saturated rings. The van der Waals surface area contributed by atoms with Crippen molar-refractivity contribution in [1.29, 1.82) is 0 Å². The van der Waals surface area contributed by atoms with Gasteiger partial charge in [-0.25, -0.2) is 4.79 Å². The Labute approximate surface area is 161 Å². The lowest BCUT2D eigenvalue weighted by molar-refractivity contribution is -0.118. The highest BCUT2D eigenvalue weighted by Gasteiger charge is 2.15. The second kappa shape index (κ2) is 8.51. The number of thiophene rings is 1. The Hall–Kier alpha value is -3.12. The van der Waals surface area contributed by atoms with Crippen molar-refractivity contribution in [2.24, 2.45) is 0 Å². The van der Waals surface area contributed by atoms with Crippen molar-refractivity contribution >= 4 is 28.9 Å². The molecule has 6 heteroatoms. The highest BCUT2D eigenvalue weighted by atomic mass is 32.1. The highest BCUT2D eigenvalue weighted by Crippen LogP contribution is 2.25. The Morgan fingerprint density at radius 2 is 1.78 bits per heavy atom. The van der Waals surface area contributed by atoms with Gasteiger partial charge in [-0.2, -0.15) is 0 Å². The highest BCUT2D eigenvalue weighted by molar-refractivity contribution is 7.08. The molecule has 0 unspecified atom stereocenters. The summed E-state index contributed by atoms with van der Waals surface area (Å²) in [6, 6.07) is 15.7. The van der Waals surface area contributed by atoms with Gasteiger partial charge in [0.15, 0.2) is 6.61 Å². The fraction of sp³-hybridized carbons (Fsp3) is 0.143. The monoisotopic (exact) mass is 381 g/mol. The standard InChI is InChI=1S/C21H19NO4S/c1-14-5-3-4-6-17(14)15-7-9-16(10-8-15)26-11-20(23)22-19-13-27-12-18(19)21(24)25-2/h3-10,12-13H,11H2,1-2H3,(H,22,23). The van der Waals surface area contributed by atoms with Crippen LogP contribution in [-0.4, -0.2) is 25.6 Å². The summed E-state index contributed by atoms with van der Waals surface area (Å²) < 4.78 is 10.2. The van der Waals surface area contributed by atoms with Crippen LogP contribution in [0.4, 0.5) is 5.69 Å². The fourth-order valence-electron chi connectivity index (χ4n) is 2.62. The van der Waals surface area contributed by atoms with Crippen LogP contribution in [0, 0.1) is 6.92 Å². The second-order valence-electron chi connectivity index (χ2n) is 5.87. The zero-order valence-corrected chi connectivity index (χ0v) is 15.8. The van der Waals surface area contributed by atoms with Gasteiger partial charge in [-0.1, -0.05) is 36.4 Å². The van der Waals surface area contributed by atoms with Gasteiger partial charge in [0, 0.05) is 10.8 Å². The Morgan fingerprint density at radius 3 is 2.48 bits per heavy atom. The van der Waals surface area contributed by atoms with Gasteiger partial charge < -0.3 is 14.8 Å². The summed E-state index contributed by atoms with van der Waals surface area (Å²) >= 11 is 1.31. The number of carbonyl (C=O) groups excluding carboxylic acids is 2. The number of rotatable bonds is 6. The molecular weight excluding hydrogens is 362 g/mol. The first kappa shape index (κ1) is 18.7. The van der Waals surface area contributed by atoms with Crippen LogP contribution in [0.2, 0.25) is 0 Å². The zero-order chi connectivity index (χ0) is 19.2. The maximum Gasteiger partial charge on any atom is 0.340 e. The number of ether oxygens (including phenoxy) is 2. The topological polar surface area (TPSA) is 64.6 Å². The van der Waals surface area contributed by atoms with Crippen molar-refractivity contribution in [2.75, 3.05) is 19.0 Å². The Morgan fingerprint density at radius 1 is 1.04 bits per heavy atom.